The number of benzene rings is 1. The van der Waals surface area contributed by atoms with Crippen LogP contribution in [0.2, 0.25) is 0 Å². The number of aryl methyl sites for hydroxylation is 1. The van der Waals surface area contributed by atoms with Crippen LogP contribution in [0, 0.1) is 13.8 Å². The summed E-state index contributed by atoms with van der Waals surface area (Å²) in [7, 11) is -3.70. The highest BCUT2D eigenvalue weighted by molar-refractivity contribution is 7.90. The summed E-state index contributed by atoms with van der Waals surface area (Å²) >= 11 is 0. The Morgan fingerprint density at radius 1 is 1.26 bits per heavy atom. The Labute approximate surface area is 113 Å². The second kappa shape index (κ2) is 5.58. The molecule has 1 aromatic rings. The van der Waals surface area contributed by atoms with Gasteiger partial charge in [-0.1, -0.05) is 0 Å². The van der Waals surface area contributed by atoms with Gasteiger partial charge in [-0.15, -0.1) is 0 Å². The molecular weight excluding hydrogens is 268 g/mol. The number of aromatic carboxylic acids is 1. The molecule has 6 nitrogen and oxygen atoms in total. The Morgan fingerprint density at radius 3 is 2.32 bits per heavy atom. The van der Waals surface area contributed by atoms with Crippen LogP contribution in [0.15, 0.2) is 12.1 Å². The van der Waals surface area contributed by atoms with Gasteiger partial charge in [0.15, 0.2) is 0 Å². The van der Waals surface area contributed by atoms with Crippen molar-refractivity contribution >= 4 is 21.9 Å². The Balaban J connectivity index is 3.13. The molecule has 0 fully saturated rings. The Kier molecular flexibility index (Phi) is 4.54. The highest BCUT2D eigenvalue weighted by atomic mass is 32.2. The molecule has 106 valence electrons. The molecule has 0 aliphatic heterocycles. The standard InChI is InChI=1S/C12H18N2O4S/c1-7(2)13-19(17,18)14-10-5-8(3)9(4)11(6-10)12(15)16/h5-7,13-14H,1-4H3,(H,15,16). The van der Waals surface area contributed by atoms with E-state index in [0.29, 0.717) is 11.1 Å². The second-order valence-corrected chi connectivity index (χ2v) is 6.10. The van der Waals surface area contributed by atoms with E-state index in [0.717, 1.165) is 0 Å². The van der Waals surface area contributed by atoms with Crippen molar-refractivity contribution < 1.29 is 18.3 Å². The van der Waals surface area contributed by atoms with Crippen molar-refractivity contribution in [2.75, 3.05) is 4.72 Å². The molecule has 0 amide bonds. The predicted molar refractivity (Wildman–Crippen MR) is 73.7 cm³/mol. The minimum atomic E-state index is -3.70. The van der Waals surface area contributed by atoms with Gasteiger partial charge in [-0.05, 0) is 51.0 Å². The molecular formula is C12H18N2O4S. The monoisotopic (exact) mass is 286 g/mol. The van der Waals surface area contributed by atoms with Gasteiger partial charge in [0.25, 0.3) is 10.2 Å². The summed E-state index contributed by atoms with van der Waals surface area (Å²) in [5, 5.41) is 9.07. The average Bonchev–Trinajstić information content (AvgIpc) is 2.19. The molecule has 1 rings (SSSR count). The van der Waals surface area contributed by atoms with E-state index in [1.807, 2.05) is 0 Å². The lowest BCUT2D eigenvalue weighted by molar-refractivity contribution is 0.0696. The van der Waals surface area contributed by atoms with E-state index in [1.165, 1.54) is 6.07 Å². The lowest BCUT2D eigenvalue weighted by Gasteiger charge is -2.14. The van der Waals surface area contributed by atoms with Crippen molar-refractivity contribution in [2.24, 2.45) is 0 Å². The molecule has 19 heavy (non-hydrogen) atoms. The molecule has 0 atom stereocenters. The minimum absolute atomic E-state index is 0.0854. The van der Waals surface area contributed by atoms with Crippen LogP contribution in [0.1, 0.15) is 35.3 Å². The molecule has 0 saturated carbocycles. The van der Waals surface area contributed by atoms with Crippen molar-refractivity contribution in [1.29, 1.82) is 0 Å². The van der Waals surface area contributed by atoms with Gasteiger partial charge < -0.3 is 5.11 Å². The van der Waals surface area contributed by atoms with Crippen molar-refractivity contribution in [3.63, 3.8) is 0 Å². The maximum Gasteiger partial charge on any atom is 0.336 e. The normalized spacial score (nSPS) is 11.6. The number of anilines is 1. The van der Waals surface area contributed by atoms with E-state index >= 15 is 0 Å². The molecule has 0 bridgehead atoms. The van der Waals surface area contributed by atoms with Crippen molar-refractivity contribution in [1.82, 2.24) is 4.72 Å². The van der Waals surface area contributed by atoms with E-state index in [-0.39, 0.29) is 17.3 Å². The fourth-order valence-electron chi connectivity index (χ4n) is 1.64. The number of nitrogens with one attached hydrogen (secondary N) is 2. The predicted octanol–water partition coefficient (Wildman–Crippen LogP) is 1.66. The van der Waals surface area contributed by atoms with Crippen LogP contribution >= 0.6 is 0 Å². The van der Waals surface area contributed by atoms with Crippen LogP contribution < -0.4 is 9.44 Å². The topological polar surface area (TPSA) is 95.5 Å². The van der Waals surface area contributed by atoms with E-state index in [4.69, 9.17) is 5.11 Å². The molecule has 0 spiro atoms. The quantitative estimate of drug-likeness (QED) is 0.767. The highest BCUT2D eigenvalue weighted by Gasteiger charge is 2.15. The maximum atomic E-state index is 11.7. The fourth-order valence-corrected chi connectivity index (χ4v) is 2.74. The van der Waals surface area contributed by atoms with E-state index < -0.39 is 16.2 Å². The lowest BCUT2D eigenvalue weighted by Crippen LogP contribution is -2.35. The smallest absolute Gasteiger partial charge is 0.336 e. The molecule has 0 aliphatic carbocycles. The number of hydrogen-bond acceptors (Lipinski definition) is 3. The van der Waals surface area contributed by atoms with Gasteiger partial charge in [0.05, 0.1) is 11.3 Å². The van der Waals surface area contributed by atoms with Crippen LogP contribution in [0.25, 0.3) is 0 Å². The largest absolute Gasteiger partial charge is 0.478 e. The zero-order valence-corrected chi connectivity index (χ0v) is 12.1. The Hall–Kier alpha value is -1.60. The molecule has 3 N–H and O–H groups in total. The highest BCUT2D eigenvalue weighted by Crippen LogP contribution is 2.20. The summed E-state index contributed by atoms with van der Waals surface area (Å²) in [5.74, 6) is -1.08. The molecule has 0 heterocycles. The van der Waals surface area contributed by atoms with Crippen LogP contribution in [-0.4, -0.2) is 25.5 Å². The second-order valence-electron chi connectivity index (χ2n) is 4.65. The van der Waals surface area contributed by atoms with E-state index in [9.17, 15) is 13.2 Å². The van der Waals surface area contributed by atoms with Gasteiger partial charge in [0.1, 0.15) is 0 Å². The van der Waals surface area contributed by atoms with Gasteiger partial charge >= 0.3 is 5.97 Å². The number of carbonyl (C=O) groups is 1. The first-order valence-corrected chi connectivity index (χ1v) is 7.25. The zero-order chi connectivity index (χ0) is 14.8. The SMILES string of the molecule is Cc1cc(NS(=O)(=O)NC(C)C)cc(C(=O)O)c1C. The first-order chi connectivity index (χ1) is 8.62. The number of rotatable bonds is 5. The molecule has 0 unspecified atom stereocenters. The van der Waals surface area contributed by atoms with Crippen LogP contribution in [0.3, 0.4) is 0 Å². The third kappa shape index (κ3) is 4.22. The van der Waals surface area contributed by atoms with Gasteiger partial charge in [0.2, 0.25) is 0 Å². The molecule has 1 aromatic carbocycles. The molecule has 7 heteroatoms. The van der Waals surface area contributed by atoms with Gasteiger partial charge in [-0.2, -0.15) is 13.1 Å². The van der Waals surface area contributed by atoms with E-state index in [1.54, 1.807) is 33.8 Å². The molecule has 0 aromatic heterocycles. The van der Waals surface area contributed by atoms with Gasteiger partial charge in [-0.3, -0.25) is 4.72 Å². The summed E-state index contributed by atoms with van der Waals surface area (Å²) in [4.78, 5) is 11.1. The maximum absolute atomic E-state index is 11.7. The van der Waals surface area contributed by atoms with Crippen LogP contribution in [0.4, 0.5) is 5.69 Å². The molecule has 0 saturated heterocycles. The zero-order valence-electron chi connectivity index (χ0n) is 11.3. The number of carboxylic acids is 1. The number of hydrogen-bond donors (Lipinski definition) is 3. The van der Waals surface area contributed by atoms with Gasteiger partial charge in [0, 0.05) is 6.04 Å². The third-order valence-corrected chi connectivity index (χ3v) is 3.83. The lowest BCUT2D eigenvalue weighted by atomic mass is 10.0. The van der Waals surface area contributed by atoms with Crippen molar-refractivity contribution in [2.45, 2.75) is 33.7 Å². The Morgan fingerprint density at radius 2 is 1.84 bits per heavy atom. The fraction of sp³-hybridized carbons (Fsp3) is 0.417. The first-order valence-electron chi connectivity index (χ1n) is 5.77. The molecule has 0 radical (unpaired) electrons. The minimum Gasteiger partial charge on any atom is -0.478 e. The summed E-state index contributed by atoms with van der Waals surface area (Å²) in [6.07, 6.45) is 0. The number of carboxylic acid groups (broad SMARTS) is 1. The summed E-state index contributed by atoms with van der Waals surface area (Å²) in [5.41, 5.74) is 1.64. The summed E-state index contributed by atoms with van der Waals surface area (Å²) < 4.78 is 28.1. The molecule has 0 aliphatic rings. The van der Waals surface area contributed by atoms with Crippen molar-refractivity contribution in [3.05, 3.63) is 28.8 Å². The summed E-state index contributed by atoms with van der Waals surface area (Å²) in [6.45, 7) is 6.81. The Bertz CT molecular complexity index is 594. The van der Waals surface area contributed by atoms with Crippen LogP contribution in [-0.2, 0) is 10.2 Å². The average molecular weight is 286 g/mol. The summed E-state index contributed by atoms with van der Waals surface area (Å²) in [6, 6.07) is 2.66. The van der Waals surface area contributed by atoms with Crippen molar-refractivity contribution in [3.8, 4) is 0 Å². The van der Waals surface area contributed by atoms with Gasteiger partial charge in [-0.25, -0.2) is 4.79 Å². The van der Waals surface area contributed by atoms with Crippen LogP contribution in [0.5, 0.6) is 0 Å². The third-order valence-electron chi connectivity index (χ3n) is 2.54. The van der Waals surface area contributed by atoms with E-state index in [2.05, 4.69) is 9.44 Å². The first kappa shape index (κ1) is 15.5.